The third-order valence-corrected chi connectivity index (χ3v) is 3.06. The van der Waals surface area contributed by atoms with Gasteiger partial charge in [0.1, 0.15) is 0 Å². The van der Waals surface area contributed by atoms with Crippen LogP contribution in [-0.4, -0.2) is 6.54 Å². The lowest BCUT2D eigenvalue weighted by Crippen LogP contribution is -2.16. The van der Waals surface area contributed by atoms with E-state index in [4.69, 9.17) is 23.2 Å². The van der Waals surface area contributed by atoms with Gasteiger partial charge in [-0.2, -0.15) is 0 Å². The van der Waals surface area contributed by atoms with Gasteiger partial charge >= 0.3 is 0 Å². The summed E-state index contributed by atoms with van der Waals surface area (Å²) in [5.41, 5.74) is 1.08. The van der Waals surface area contributed by atoms with Crippen LogP contribution in [0.15, 0.2) is 18.2 Å². The molecule has 1 aromatic carbocycles. The van der Waals surface area contributed by atoms with E-state index < -0.39 is 0 Å². The minimum absolute atomic E-state index is 0.748. The molecule has 0 aliphatic heterocycles. The molecule has 0 amide bonds. The first-order chi connectivity index (χ1) is 6.75. The van der Waals surface area contributed by atoms with Crippen LogP contribution in [0, 0.1) is 5.92 Å². The number of hydrogen-bond donors (Lipinski definition) is 1. The molecule has 2 rings (SSSR count). The molecule has 1 N–H and O–H groups in total. The minimum Gasteiger partial charge on any atom is -0.312 e. The zero-order valence-corrected chi connectivity index (χ0v) is 9.41. The molecule has 0 radical (unpaired) electrons. The third kappa shape index (κ3) is 2.88. The van der Waals surface area contributed by atoms with Gasteiger partial charge in [0.25, 0.3) is 0 Å². The second kappa shape index (κ2) is 4.52. The molecular formula is C11H13Cl2N. The Balaban J connectivity index is 1.89. The molecule has 1 fully saturated rings. The van der Waals surface area contributed by atoms with Crippen LogP contribution in [0.25, 0.3) is 0 Å². The topological polar surface area (TPSA) is 12.0 Å². The van der Waals surface area contributed by atoms with E-state index in [0.29, 0.717) is 0 Å². The molecule has 0 heterocycles. The van der Waals surface area contributed by atoms with E-state index in [2.05, 4.69) is 5.32 Å². The smallest absolute Gasteiger partial charge is 0.0451 e. The van der Waals surface area contributed by atoms with Gasteiger partial charge in [-0.15, -0.1) is 0 Å². The Kier molecular flexibility index (Phi) is 3.32. The van der Waals surface area contributed by atoms with E-state index in [0.717, 1.165) is 34.6 Å². The molecular weight excluding hydrogens is 217 g/mol. The summed E-state index contributed by atoms with van der Waals surface area (Å²) < 4.78 is 0. The fourth-order valence-corrected chi connectivity index (χ4v) is 1.79. The Morgan fingerprint density at radius 1 is 1.29 bits per heavy atom. The summed E-state index contributed by atoms with van der Waals surface area (Å²) in [5.74, 6) is 0.896. The number of rotatable bonds is 4. The lowest BCUT2D eigenvalue weighted by molar-refractivity contribution is 0.639. The summed E-state index contributed by atoms with van der Waals surface area (Å²) in [4.78, 5) is 0. The van der Waals surface area contributed by atoms with Crippen molar-refractivity contribution >= 4 is 23.2 Å². The number of nitrogens with one attached hydrogen (secondary N) is 1. The van der Waals surface area contributed by atoms with Crippen LogP contribution in [-0.2, 0) is 6.54 Å². The van der Waals surface area contributed by atoms with Gasteiger partial charge in [-0.05, 0) is 49.1 Å². The highest BCUT2D eigenvalue weighted by atomic mass is 35.5. The highest BCUT2D eigenvalue weighted by Crippen LogP contribution is 2.28. The van der Waals surface area contributed by atoms with E-state index in [1.54, 1.807) is 0 Å². The molecule has 1 aliphatic rings. The maximum Gasteiger partial charge on any atom is 0.0451 e. The van der Waals surface area contributed by atoms with Crippen LogP contribution in [0.3, 0.4) is 0 Å². The van der Waals surface area contributed by atoms with Gasteiger partial charge in [-0.3, -0.25) is 0 Å². The molecule has 1 aromatic rings. The predicted molar refractivity (Wildman–Crippen MR) is 60.9 cm³/mol. The Hall–Kier alpha value is -0.240. The molecule has 0 saturated heterocycles. The Labute approximate surface area is 94.4 Å². The summed E-state index contributed by atoms with van der Waals surface area (Å²) in [7, 11) is 0. The monoisotopic (exact) mass is 229 g/mol. The summed E-state index contributed by atoms with van der Waals surface area (Å²) in [5, 5.41) is 4.93. The minimum atomic E-state index is 0.748. The Bertz CT molecular complexity index is 321. The average molecular weight is 230 g/mol. The maximum atomic E-state index is 6.03. The Morgan fingerprint density at radius 2 is 2.07 bits per heavy atom. The van der Waals surface area contributed by atoms with Crippen LogP contribution in [0.4, 0.5) is 0 Å². The van der Waals surface area contributed by atoms with E-state index in [9.17, 15) is 0 Å². The molecule has 1 saturated carbocycles. The SMILES string of the molecule is Clc1ccc(Cl)c(CNCC2CC2)c1. The van der Waals surface area contributed by atoms with Crippen molar-refractivity contribution in [3.8, 4) is 0 Å². The maximum absolute atomic E-state index is 6.03. The fourth-order valence-electron chi connectivity index (χ4n) is 1.41. The van der Waals surface area contributed by atoms with Crippen molar-refractivity contribution in [2.24, 2.45) is 5.92 Å². The van der Waals surface area contributed by atoms with Gasteiger partial charge in [-0.1, -0.05) is 23.2 Å². The summed E-state index contributed by atoms with van der Waals surface area (Å²) in [6.45, 7) is 1.92. The molecule has 1 aliphatic carbocycles. The molecule has 14 heavy (non-hydrogen) atoms. The van der Waals surface area contributed by atoms with Crippen molar-refractivity contribution in [2.45, 2.75) is 19.4 Å². The number of benzene rings is 1. The molecule has 0 atom stereocenters. The van der Waals surface area contributed by atoms with E-state index in [-0.39, 0.29) is 0 Å². The van der Waals surface area contributed by atoms with Gasteiger partial charge in [0.15, 0.2) is 0 Å². The van der Waals surface area contributed by atoms with Crippen molar-refractivity contribution < 1.29 is 0 Å². The van der Waals surface area contributed by atoms with Crippen molar-refractivity contribution in [1.29, 1.82) is 0 Å². The lowest BCUT2D eigenvalue weighted by atomic mass is 10.2. The summed E-state index contributed by atoms with van der Waals surface area (Å²) >= 11 is 11.9. The predicted octanol–water partition coefficient (Wildman–Crippen LogP) is 3.49. The van der Waals surface area contributed by atoms with Gasteiger partial charge in [-0.25, -0.2) is 0 Å². The quantitative estimate of drug-likeness (QED) is 0.834. The first-order valence-corrected chi connectivity index (χ1v) is 5.66. The third-order valence-electron chi connectivity index (χ3n) is 2.45. The van der Waals surface area contributed by atoms with Gasteiger partial charge in [0.05, 0.1) is 0 Å². The van der Waals surface area contributed by atoms with Gasteiger partial charge in [0.2, 0.25) is 0 Å². The van der Waals surface area contributed by atoms with E-state index in [1.165, 1.54) is 12.8 Å². The zero-order valence-electron chi connectivity index (χ0n) is 7.89. The van der Waals surface area contributed by atoms with Crippen LogP contribution in [0.5, 0.6) is 0 Å². The van der Waals surface area contributed by atoms with Crippen molar-refractivity contribution in [1.82, 2.24) is 5.32 Å². The fraction of sp³-hybridized carbons (Fsp3) is 0.455. The van der Waals surface area contributed by atoms with Crippen LogP contribution in [0.1, 0.15) is 18.4 Å². The van der Waals surface area contributed by atoms with Gasteiger partial charge in [0, 0.05) is 16.6 Å². The van der Waals surface area contributed by atoms with Gasteiger partial charge < -0.3 is 5.32 Å². The normalized spacial score (nSPS) is 15.9. The molecule has 0 aromatic heterocycles. The van der Waals surface area contributed by atoms with Crippen molar-refractivity contribution in [3.63, 3.8) is 0 Å². The van der Waals surface area contributed by atoms with Crippen LogP contribution in [0.2, 0.25) is 10.0 Å². The second-order valence-corrected chi connectivity index (χ2v) is 4.65. The van der Waals surface area contributed by atoms with E-state index >= 15 is 0 Å². The number of halogens is 2. The largest absolute Gasteiger partial charge is 0.312 e. The highest BCUT2D eigenvalue weighted by Gasteiger charge is 2.20. The summed E-state index contributed by atoms with van der Waals surface area (Å²) in [6, 6.07) is 5.58. The average Bonchev–Trinajstić information content (AvgIpc) is 2.95. The van der Waals surface area contributed by atoms with Crippen molar-refractivity contribution in [3.05, 3.63) is 33.8 Å². The molecule has 0 spiro atoms. The highest BCUT2D eigenvalue weighted by molar-refractivity contribution is 6.33. The molecule has 76 valence electrons. The molecule has 1 nitrogen and oxygen atoms in total. The van der Waals surface area contributed by atoms with Crippen molar-refractivity contribution in [2.75, 3.05) is 6.54 Å². The first kappa shape index (κ1) is 10.3. The molecule has 3 heteroatoms. The number of hydrogen-bond acceptors (Lipinski definition) is 1. The van der Waals surface area contributed by atoms with Crippen LogP contribution >= 0.6 is 23.2 Å². The lowest BCUT2D eigenvalue weighted by Gasteiger charge is -2.06. The summed E-state index contributed by atoms with van der Waals surface area (Å²) in [6.07, 6.45) is 2.74. The Morgan fingerprint density at radius 3 is 2.79 bits per heavy atom. The molecule has 0 unspecified atom stereocenters. The van der Waals surface area contributed by atoms with Crippen LogP contribution < -0.4 is 5.32 Å². The standard InChI is InChI=1S/C11H13Cl2N/c12-10-3-4-11(13)9(5-10)7-14-6-8-1-2-8/h3-5,8,14H,1-2,6-7H2. The second-order valence-electron chi connectivity index (χ2n) is 3.81. The first-order valence-electron chi connectivity index (χ1n) is 4.90. The van der Waals surface area contributed by atoms with E-state index in [1.807, 2.05) is 18.2 Å². The zero-order chi connectivity index (χ0) is 9.97. The molecule has 0 bridgehead atoms.